The van der Waals surface area contributed by atoms with E-state index in [2.05, 4.69) is 48.3 Å². The quantitative estimate of drug-likeness (QED) is 0.838. The van der Waals surface area contributed by atoms with Crippen molar-refractivity contribution in [3.05, 3.63) is 18.6 Å². The number of hydrogen-bond acceptors (Lipinski definition) is 4. The summed E-state index contributed by atoms with van der Waals surface area (Å²) < 4.78 is 2.00. The maximum Gasteiger partial charge on any atom is 0.180 e. The number of nitrogens with zero attached hydrogens (tertiary/aromatic N) is 3. The van der Waals surface area contributed by atoms with Gasteiger partial charge in [-0.3, -0.25) is 0 Å². The Kier molecular flexibility index (Phi) is 3.93. The van der Waals surface area contributed by atoms with E-state index >= 15 is 0 Å². The second kappa shape index (κ2) is 5.47. The van der Waals surface area contributed by atoms with Crippen molar-refractivity contribution in [2.75, 3.05) is 17.2 Å². The Hall–Kier alpha value is -1.78. The molecule has 2 aromatic rings. The summed E-state index contributed by atoms with van der Waals surface area (Å²) >= 11 is 0. The zero-order valence-corrected chi connectivity index (χ0v) is 12.2. The van der Waals surface area contributed by atoms with Gasteiger partial charge < -0.3 is 15.0 Å². The molecular formula is C14H23N5. The van der Waals surface area contributed by atoms with E-state index in [-0.39, 0.29) is 5.54 Å². The molecular weight excluding hydrogens is 238 g/mol. The van der Waals surface area contributed by atoms with Crippen LogP contribution in [0, 0.1) is 0 Å². The SMILES string of the molecule is CCCNc1cn2ccnc2c(NC(C)(C)CC)n1. The van der Waals surface area contributed by atoms with Crippen LogP contribution >= 0.6 is 0 Å². The van der Waals surface area contributed by atoms with E-state index in [1.165, 1.54) is 0 Å². The largest absolute Gasteiger partial charge is 0.369 e. The van der Waals surface area contributed by atoms with Gasteiger partial charge in [0.25, 0.3) is 0 Å². The predicted molar refractivity (Wildman–Crippen MR) is 79.8 cm³/mol. The van der Waals surface area contributed by atoms with Gasteiger partial charge in [0.2, 0.25) is 0 Å². The number of hydrogen-bond donors (Lipinski definition) is 2. The van der Waals surface area contributed by atoms with E-state index in [0.717, 1.165) is 36.7 Å². The van der Waals surface area contributed by atoms with Crippen LogP contribution in [0.25, 0.3) is 5.65 Å². The third-order valence-electron chi connectivity index (χ3n) is 3.27. The molecule has 0 unspecified atom stereocenters. The molecule has 2 aromatic heterocycles. The van der Waals surface area contributed by atoms with Crippen LogP contribution in [-0.4, -0.2) is 26.5 Å². The topological polar surface area (TPSA) is 54.2 Å². The minimum Gasteiger partial charge on any atom is -0.369 e. The standard InChI is InChI=1S/C14H23N5/c1-5-7-15-11-10-19-9-8-16-13(19)12(17-11)18-14(3,4)6-2/h8-10,15H,5-7H2,1-4H3,(H,17,18). The zero-order valence-electron chi connectivity index (χ0n) is 12.2. The van der Waals surface area contributed by atoms with Crippen molar-refractivity contribution >= 4 is 17.3 Å². The van der Waals surface area contributed by atoms with Crippen molar-refractivity contribution in [1.82, 2.24) is 14.4 Å². The van der Waals surface area contributed by atoms with Crippen LogP contribution < -0.4 is 10.6 Å². The molecule has 0 aromatic carbocycles. The Morgan fingerprint density at radius 2 is 2.11 bits per heavy atom. The van der Waals surface area contributed by atoms with Gasteiger partial charge in [0, 0.05) is 24.5 Å². The Labute approximate surface area is 114 Å². The first-order valence-electron chi connectivity index (χ1n) is 6.91. The minimum absolute atomic E-state index is 0.00280. The summed E-state index contributed by atoms with van der Waals surface area (Å²) in [6.07, 6.45) is 7.81. The number of aromatic nitrogens is 3. The molecule has 0 atom stereocenters. The van der Waals surface area contributed by atoms with E-state index in [0.29, 0.717) is 0 Å². The highest BCUT2D eigenvalue weighted by atomic mass is 15.2. The molecule has 0 aliphatic heterocycles. The Balaban J connectivity index is 2.36. The molecule has 0 amide bonds. The van der Waals surface area contributed by atoms with Crippen LogP contribution in [0.5, 0.6) is 0 Å². The van der Waals surface area contributed by atoms with Crippen molar-refractivity contribution in [1.29, 1.82) is 0 Å². The lowest BCUT2D eigenvalue weighted by Crippen LogP contribution is -2.30. The third-order valence-corrected chi connectivity index (χ3v) is 3.27. The third kappa shape index (κ3) is 3.16. The van der Waals surface area contributed by atoms with E-state index in [9.17, 15) is 0 Å². The highest BCUT2D eigenvalue weighted by Gasteiger charge is 2.18. The van der Waals surface area contributed by atoms with Crippen LogP contribution in [0.2, 0.25) is 0 Å². The average molecular weight is 261 g/mol. The molecule has 5 heteroatoms. The van der Waals surface area contributed by atoms with Crippen molar-refractivity contribution in [2.45, 2.75) is 46.1 Å². The molecule has 0 aliphatic rings. The lowest BCUT2D eigenvalue weighted by molar-refractivity contribution is 0.545. The van der Waals surface area contributed by atoms with E-state index in [1.807, 2.05) is 16.8 Å². The smallest absolute Gasteiger partial charge is 0.180 e. The maximum absolute atomic E-state index is 4.64. The molecule has 0 radical (unpaired) electrons. The molecule has 104 valence electrons. The highest BCUT2D eigenvalue weighted by molar-refractivity contribution is 5.66. The molecule has 0 aliphatic carbocycles. The summed E-state index contributed by atoms with van der Waals surface area (Å²) in [5, 5.41) is 6.80. The number of rotatable bonds is 6. The summed E-state index contributed by atoms with van der Waals surface area (Å²) in [7, 11) is 0. The van der Waals surface area contributed by atoms with Gasteiger partial charge in [-0.2, -0.15) is 0 Å². The summed E-state index contributed by atoms with van der Waals surface area (Å²) in [6.45, 7) is 9.56. The lowest BCUT2D eigenvalue weighted by atomic mass is 10.0. The molecule has 0 saturated carbocycles. The molecule has 5 nitrogen and oxygen atoms in total. The summed E-state index contributed by atoms with van der Waals surface area (Å²) in [5.74, 6) is 1.71. The summed E-state index contributed by atoms with van der Waals surface area (Å²) in [4.78, 5) is 9.01. The molecule has 0 saturated heterocycles. The second-order valence-corrected chi connectivity index (χ2v) is 5.42. The molecule has 0 spiro atoms. The van der Waals surface area contributed by atoms with Crippen molar-refractivity contribution in [2.24, 2.45) is 0 Å². The molecule has 0 fully saturated rings. The van der Waals surface area contributed by atoms with Gasteiger partial charge in [0.1, 0.15) is 5.82 Å². The van der Waals surface area contributed by atoms with Gasteiger partial charge in [-0.05, 0) is 26.7 Å². The van der Waals surface area contributed by atoms with Gasteiger partial charge >= 0.3 is 0 Å². The monoisotopic (exact) mass is 261 g/mol. The van der Waals surface area contributed by atoms with E-state index < -0.39 is 0 Å². The molecule has 19 heavy (non-hydrogen) atoms. The van der Waals surface area contributed by atoms with E-state index in [4.69, 9.17) is 0 Å². The highest BCUT2D eigenvalue weighted by Crippen LogP contribution is 2.21. The van der Waals surface area contributed by atoms with Gasteiger partial charge in [-0.15, -0.1) is 0 Å². The van der Waals surface area contributed by atoms with Gasteiger partial charge in [-0.25, -0.2) is 9.97 Å². The van der Waals surface area contributed by atoms with Crippen LogP contribution in [-0.2, 0) is 0 Å². The fraction of sp³-hybridized carbons (Fsp3) is 0.571. The van der Waals surface area contributed by atoms with Crippen LogP contribution in [0.4, 0.5) is 11.6 Å². The molecule has 2 N–H and O–H groups in total. The fourth-order valence-corrected chi connectivity index (χ4v) is 1.76. The average Bonchev–Trinajstić information content (AvgIpc) is 2.84. The molecule has 2 heterocycles. The van der Waals surface area contributed by atoms with Crippen LogP contribution in [0.3, 0.4) is 0 Å². The van der Waals surface area contributed by atoms with Crippen LogP contribution in [0.1, 0.15) is 40.5 Å². The Morgan fingerprint density at radius 1 is 1.32 bits per heavy atom. The first-order valence-corrected chi connectivity index (χ1v) is 6.91. The van der Waals surface area contributed by atoms with Crippen molar-refractivity contribution < 1.29 is 0 Å². The van der Waals surface area contributed by atoms with Gasteiger partial charge in [0.15, 0.2) is 11.5 Å². The van der Waals surface area contributed by atoms with Gasteiger partial charge in [-0.1, -0.05) is 13.8 Å². The first kappa shape index (κ1) is 13.6. The zero-order chi connectivity index (χ0) is 13.9. The minimum atomic E-state index is 0.00280. The predicted octanol–water partition coefficient (Wildman–Crippen LogP) is 3.15. The second-order valence-electron chi connectivity index (χ2n) is 5.42. The number of nitrogens with one attached hydrogen (secondary N) is 2. The normalized spacial score (nSPS) is 11.8. The molecule has 2 rings (SSSR count). The van der Waals surface area contributed by atoms with Crippen molar-refractivity contribution in [3.8, 4) is 0 Å². The van der Waals surface area contributed by atoms with Gasteiger partial charge in [0.05, 0.1) is 6.20 Å². The number of imidazole rings is 1. The maximum atomic E-state index is 4.64. The fourth-order valence-electron chi connectivity index (χ4n) is 1.76. The number of anilines is 2. The van der Waals surface area contributed by atoms with Crippen LogP contribution in [0.15, 0.2) is 18.6 Å². The van der Waals surface area contributed by atoms with Crippen molar-refractivity contribution in [3.63, 3.8) is 0 Å². The Bertz CT molecular complexity index is 544. The first-order chi connectivity index (χ1) is 9.05. The lowest BCUT2D eigenvalue weighted by Gasteiger charge is -2.25. The number of fused-ring (bicyclic) bond motifs is 1. The Morgan fingerprint density at radius 3 is 2.79 bits per heavy atom. The van der Waals surface area contributed by atoms with E-state index in [1.54, 1.807) is 6.20 Å². The summed E-state index contributed by atoms with van der Waals surface area (Å²) in [5.41, 5.74) is 0.867. The summed E-state index contributed by atoms with van der Waals surface area (Å²) in [6, 6.07) is 0. The molecule has 0 bridgehead atoms.